The van der Waals surface area contributed by atoms with Crippen molar-refractivity contribution >= 4 is 46.4 Å². The van der Waals surface area contributed by atoms with Crippen LogP contribution < -0.4 is 10.6 Å². The minimum absolute atomic E-state index is 0.0260. The number of halogens is 2. The van der Waals surface area contributed by atoms with Crippen LogP contribution in [0.15, 0.2) is 36.4 Å². The maximum absolute atomic E-state index is 12.3. The number of hydrogen-bond donors (Lipinski definition) is 3. The van der Waals surface area contributed by atoms with Crippen LogP contribution in [0.25, 0.3) is 0 Å². The smallest absolute Gasteiger partial charge is 0.255 e. The largest absolute Gasteiger partial charge is 0.505 e. The number of nitrogens with one attached hydrogen (secondary N) is 2. The van der Waals surface area contributed by atoms with Crippen LogP contribution in [0.2, 0.25) is 10.0 Å². The second-order valence-corrected chi connectivity index (χ2v) is 6.64. The Balaban J connectivity index is 2.06. The molecule has 0 aliphatic heterocycles. The molecule has 0 aliphatic rings. The number of phenolic OH excluding ortho intramolecular Hbond substituents is 1. The van der Waals surface area contributed by atoms with E-state index in [1.54, 1.807) is 24.3 Å². The van der Waals surface area contributed by atoms with Crippen molar-refractivity contribution in [2.24, 2.45) is 5.92 Å². The molecule has 2 amide bonds. The van der Waals surface area contributed by atoms with Crippen LogP contribution in [0, 0.1) is 5.92 Å². The zero-order valence-corrected chi connectivity index (χ0v) is 16.0. The Morgan fingerprint density at radius 1 is 0.962 bits per heavy atom. The first-order chi connectivity index (χ1) is 12.3. The van der Waals surface area contributed by atoms with Gasteiger partial charge in [-0.05, 0) is 49.2 Å². The zero-order valence-electron chi connectivity index (χ0n) is 14.5. The molecule has 0 heterocycles. The highest BCUT2D eigenvalue weighted by Gasteiger charge is 2.15. The van der Waals surface area contributed by atoms with Crippen molar-refractivity contribution in [2.45, 2.75) is 26.7 Å². The maximum Gasteiger partial charge on any atom is 0.255 e. The molecule has 7 heteroatoms. The summed E-state index contributed by atoms with van der Waals surface area (Å²) in [6.07, 6.45) is 1.56. The molecule has 138 valence electrons. The van der Waals surface area contributed by atoms with Gasteiger partial charge >= 0.3 is 0 Å². The third-order valence-corrected chi connectivity index (χ3v) is 4.62. The summed E-state index contributed by atoms with van der Waals surface area (Å²) < 4.78 is 0. The van der Waals surface area contributed by atoms with Gasteiger partial charge in [0, 0.05) is 22.9 Å². The van der Waals surface area contributed by atoms with E-state index in [1.165, 1.54) is 12.1 Å². The molecule has 2 aromatic rings. The van der Waals surface area contributed by atoms with Crippen LogP contribution in [-0.4, -0.2) is 16.9 Å². The number of aromatic hydroxyl groups is 1. The summed E-state index contributed by atoms with van der Waals surface area (Å²) in [7, 11) is 0. The molecule has 26 heavy (non-hydrogen) atoms. The molecule has 0 saturated heterocycles. The quantitative estimate of drug-likeness (QED) is 0.579. The van der Waals surface area contributed by atoms with Gasteiger partial charge in [-0.3, -0.25) is 9.59 Å². The fourth-order valence-corrected chi connectivity index (χ4v) is 2.94. The molecular formula is C19H20Cl2N2O3. The predicted molar refractivity (Wildman–Crippen MR) is 105 cm³/mol. The van der Waals surface area contributed by atoms with Gasteiger partial charge in [0.15, 0.2) is 5.75 Å². The highest BCUT2D eigenvalue weighted by atomic mass is 35.5. The highest BCUT2D eigenvalue weighted by molar-refractivity contribution is 6.37. The summed E-state index contributed by atoms with van der Waals surface area (Å²) in [5, 5.41) is 15.1. The number of rotatable bonds is 6. The van der Waals surface area contributed by atoms with E-state index in [4.69, 9.17) is 23.2 Å². The van der Waals surface area contributed by atoms with Gasteiger partial charge in [0.1, 0.15) is 0 Å². The lowest BCUT2D eigenvalue weighted by Gasteiger charge is -2.13. The normalized spacial score (nSPS) is 10.7. The van der Waals surface area contributed by atoms with Crippen molar-refractivity contribution < 1.29 is 14.7 Å². The number of amides is 2. The summed E-state index contributed by atoms with van der Waals surface area (Å²) in [6, 6.07) is 9.39. The van der Waals surface area contributed by atoms with Crippen LogP contribution in [0.4, 0.5) is 11.4 Å². The Bertz CT molecular complexity index is 780. The van der Waals surface area contributed by atoms with E-state index in [1.807, 2.05) is 13.8 Å². The van der Waals surface area contributed by atoms with Crippen molar-refractivity contribution in [3.63, 3.8) is 0 Å². The summed E-state index contributed by atoms with van der Waals surface area (Å²) in [5.41, 5.74) is 1.41. The number of anilines is 2. The first kappa shape index (κ1) is 20.1. The lowest BCUT2D eigenvalue weighted by Crippen LogP contribution is -2.21. The molecule has 2 aromatic carbocycles. The van der Waals surface area contributed by atoms with E-state index in [-0.39, 0.29) is 33.5 Å². The van der Waals surface area contributed by atoms with E-state index in [0.717, 1.165) is 12.8 Å². The molecule has 0 spiro atoms. The van der Waals surface area contributed by atoms with Crippen molar-refractivity contribution in [1.82, 2.24) is 0 Å². The first-order valence-corrected chi connectivity index (χ1v) is 9.01. The number of phenols is 1. The Morgan fingerprint density at radius 2 is 1.50 bits per heavy atom. The van der Waals surface area contributed by atoms with Gasteiger partial charge in [-0.15, -0.1) is 0 Å². The topological polar surface area (TPSA) is 78.4 Å². The van der Waals surface area contributed by atoms with E-state index < -0.39 is 0 Å². The van der Waals surface area contributed by atoms with Gasteiger partial charge in [0.05, 0.1) is 10.0 Å². The van der Waals surface area contributed by atoms with Gasteiger partial charge in [-0.2, -0.15) is 0 Å². The number of carbonyl (C=O) groups is 2. The van der Waals surface area contributed by atoms with E-state index in [9.17, 15) is 14.7 Å². The molecule has 0 aliphatic carbocycles. The van der Waals surface area contributed by atoms with E-state index >= 15 is 0 Å². The lowest BCUT2D eigenvalue weighted by molar-refractivity contribution is -0.120. The SMILES string of the molecule is CCC(CC)C(=O)Nc1ccc(C(=O)Nc2cc(Cl)c(O)c(Cl)c2)cc1. The van der Waals surface area contributed by atoms with Gasteiger partial charge < -0.3 is 15.7 Å². The fraction of sp³-hybridized carbons (Fsp3) is 0.263. The second-order valence-electron chi connectivity index (χ2n) is 5.82. The van der Waals surface area contributed by atoms with E-state index in [0.29, 0.717) is 16.9 Å². The Labute approximate surface area is 162 Å². The summed E-state index contributed by atoms with van der Waals surface area (Å²) in [4.78, 5) is 24.4. The predicted octanol–water partition coefficient (Wildman–Crippen LogP) is 5.33. The Hall–Kier alpha value is -2.24. The molecule has 0 atom stereocenters. The first-order valence-electron chi connectivity index (χ1n) is 8.26. The van der Waals surface area contributed by atoms with Crippen LogP contribution in [-0.2, 0) is 4.79 Å². The number of benzene rings is 2. The summed E-state index contributed by atoms with van der Waals surface area (Å²) in [6.45, 7) is 3.95. The molecule has 0 radical (unpaired) electrons. The minimum Gasteiger partial charge on any atom is -0.505 e. The fourth-order valence-electron chi connectivity index (χ4n) is 2.45. The van der Waals surface area contributed by atoms with Crippen LogP contribution in [0.1, 0.15) is 37.0 Å². The number of hydrogen-bond acceptors (Lipinski definition) is 3. The Morgan fingerprint density at radius 3 is 2.00 bits per heavy atom. The van der Waals surface area contributed by atoms with Crippen LogP contribution in [0.3, 0.4) is 0 Å². The van der Waals surface area contributed by atoms with Crippen molar-refractivity contribution in [1.29, 1.82) is 0 Å². The van der Waals surface area contributed by atoms with Crippen LogP contribution >= 0.6 is 23.2 Å². The zero-order chi connectivity index (χ0) is 19.3. The molecule has 0 aromatic heterocycles. The van der Waals surface area contributed by atoms with Gasteiger partial charge in [-0.1, -0.05) is 37.0 Å². The third-order valence-electron chi connectivity index (χ3n) is 4.05. The van der Waals surface area contributed by atoms with E-state index in [2.05, 4.69) is 10.6 Å². The van der Waals surface area contributed by atoms with Gasteiger partial charge in [0.2, 0.25) is 5.91 Å². The van der Waals surface area contributed by atoms with Crippen LogP contribution in [0.5, 0.6) is 5.75 Å². The minimum atomic E-state index is -0.360. The summed E-state index contributed by atoms with van der Waals surface area (Å²) in [5.74, 6) is -0.646. The second kappa shape index (κ2) is 8.92. The van der Waals surface area contributed by atoms with Crippen molar-refractivity contribution in [3.8, 4) is 5.75 Å². The molecule has 0 saturated carbocycles. The van der Waals surface area contributed by atoms with Gasteiger partial charge in [-0.25, -0.2) is 0 Å². The molecule has 0 fully saturated rings. The molecule has 5 nitrogen and oxygen atoms in total. The molecule has 3 N–H and O–H groups in total. The highest BCUT2D eigenvalue weighted by Crippen LogP contribution is 2.34. The average Bonchev–Trinajstić information content (AvgIpc) is 2.61. The summed E-state index contributed by atoms with van der Waals surface area (Å²) >= 11 is 11.7. The average molecular weight is 395 g/mol. The molecule has 0 bridgehead atoms. The molecular weight excluding hydrogens is 375 g/mol. The molecule has 0 unspecified atom stereocenters. The van der Waals surface area contributed by atoms with Gasteiger partial charge in [0.25, 0.3) is 5.91 Å². The third kappa shape index (κ3) is 4.90. The maximum atomic E-state index is 12.3. The Kier molecular flexibility index (Phi) is 6.89. The van der Waals surface area contributed by atoms with Crippen molar-refractivity contribution in [2.75, 3.05) is 10.6 Å². The lowest BCUT2D eigenvalue weighted by atomic mass is 10.0. The standard InChI is InChI=1S/C19H20Cl2N2O3/c1-3-11(4-2)18(25)22-13-7-5-12(6-8-13)19(26)23-14-9-15(20)17(24)16(21)10-14/h5-11,24H,3-4H2,1-2H3,(H,22,25)(H,23,26). The number of carbonyl (C=O) groups excluding carboxylic acids is 2. The molecule has 2 rings (SSSR count). The monoisotopic (exact) mass is 394 g/mol. The van der Waals surface area contributed by atoms with Crippen molar-refractivity contribution in [3.05, 3.63) is 52.0 Å².